The quantitative estimate of drug-likeness (QED) is 0.440. The van der Waals surface area contributed by atoms with Crippen LogP contribution in [0.15, 0.2) is 12.7 Å². The average molecular weight is 307 g/mol. The van der Waals surface area contributed by atoms with E-state index < -0.39 is 0 Å². The van der Waals surface area contributed by atoms with Crippen molar-refractivity contribution >= 4 is 0 Å². The molecule has 2 aliphatic rings. The molecule has 128 valence electrons. The van der Waals surface area contributed by atoms with E-state index >= 15 is 0 Å². The lowest BCUT2D eigenvalue weighted by atomic mass is 9.76. The molecule has 0 aromatic heterocycles. The zero-order chi connectivity index (χ0) is 15.6. The molecule has 0 aliphatic heterocycles. The minimum absolute atomic E-state index is 0.580. The Morgan fingerprint density at radius 2 is 1.32 bits per heavy atom. The molecule has 22 heavy (non-hydrogen) atoms. The zero-order valence-corrected chi connectivity index (χ0v) is 14.9. The molecule has 0 bridgehead atoms. The third-order valence-electron chi connectivity index (χ3n) is 6.08. The van der Waals surface area contributed by atoms with Gasteiger partial charge in [0.15, 0.2) is 0 Å². The van der Waals surface area contributed by atoms with Gasteiger partial charge >= 0.3 is 0 Å². The van der Waals surface area contributed by atoms with Crippen LogP contribution in [0.1, 0.15) is 90.4 Å². The summed E-state index contributed by atoms with van der Waals surface area (Å²) in [6, 6.07) is 0. The van der Waals surface area contributed by atoms with Crippen molar-refractivity contribution in [1.82, 2.24) is 0 Å². The Balaban J connectivity index is 1.53. The number of allylic oxidation sites excluding steroid dienone is 1. The summed E-state index contributed by atoms with van der Waals surface area (Å²) in [5, 5.41) is 0. The Morgan fingerprint density at radius 3 is 1.82 bits per heavy atom. The van der Waals surface area contributed by atoms with Gasteiger partial charge in [-0.1, -0.05) is 51.5 Å². The standard InChI is InChI=1S/C21H38O/c1-3-5-6-18-7-9-19(10-8-18)11-12-20-13-15-21(16-14-20)22-17-4-2/h3,18-21H,1,4-17H2,2H3. The van der Waals surface area contributed by atoms with E-state index in [0.717, 1.165) is 30.8 Å². The Kier molecular flexibility index (Phi) is 8.59. The van der Waals surface area contributed by atoms with Crippen molar-refractivity contribution in [2.24, 2.45) is 17.8 Å². The summed E-state index contributed by atoms with van der Waals surface area (Å²) < 4.78 is 5.91. The van der Waals surface area contributed by atoms with E-state index in [1.165, 1.54) is 77.0 Å². The maximum absolute atomic E-state index is 5.91. The smallest absolute Gasteiger partial charge is 0.0575 e. The predicted molar refractivity (Wildman–Crippen MR) is 96.1 cm³/mol. The number of rotatable bonds is 9. The van der Waals surface area contributed by atoms with Gasteiger partial charge < -0.3 is 4.74 Å². The number of hydrogen-bond donors (Lipinski definition) is 0. The van der Waals surface area contributed by atoms with Gasteiger partial charge in [0, 0.05) is 6.61 Å². The van der Waals surface area contributed by atoms with E-state index in [1.54, 1.807) is 0 Å². The Labute approximate surface area is 138 Å². The lowest BCUT2D eigenvalue weighted by Gasteiger charge is -2.32. The van der Waals surface area contributed by atoms with Crippen molar-refractivity contribution < 1.29 is 4.74 Å². The van der Waals surface area contributed by atoms with Gasteiger partial charge in [0.1, 0.15) is 0 Å². The Hall–Kier alpha value is -0.300. The van der Waals surface area contributed by atoms with Crippen LogP contribution >= 0.6 is 0 Å². The highest BCUT2D eigenvalue weighted by atomic mass is 16.5. The van der Waals surface area contributed by atoms with Crippen LogP contribution < -0.4 is 0 Å². The van der Waals surface area contributed by atoms with Gasteiger partial charge in [-0.05, 0) is 62.7 Å². The largest absolute Gasteiger partial charge is 0.378 e. The maximum Gasteiger partial charge on any atom is 0.0575 e. The van der Waals surface area contributed by atoms with E-state index in [9.17, 15) is 0 Å². The Morgan fingerprint density at radius 1 is 0.818 bits per heavy atom. The van der Waals surface area contributed by atoms with Crippen LogP contribution in [-0.4, -0.2) is 12.7 Å². The van der Waals surface area contributed by atoms with Crippen LogP contribution in [0.25, 0.3) is 0 Å². The fraction of sp³-hybridized carbons (Fsp3) is 0.905. The van der Waals surface area contributed by atoms with Gasteiger partial charge in [0.25, 0.3) is 0 Å². The van der Waals surface area contributed by atoms with Crippen LogP contribution in [-0.2, 0) is 4.74 Å². The second kappa shape index (κ2) is 10.5. The average Bonchev–Trinajstić information content (AvgIpc) is 2.58. The highest BCUT2D eigenvalue weighted by Gasteiger charge is 2.24. The molecule has 0 heterocycles. The van der Waals surface area contributed by atoms with E-state index in [1.807, 2.05) is 0 Å². The summed E-state index contributed by atoms with van der Waals surface area (Å²) in [7, 11) is 0. The van der Waals surface area contributed by atoms with Crippen molar-refractivity contribution in [2.75, 3.05) is 6.61 Å². The summed E-state index contributed by atoms with van der Waals surface area (Å²) in [4.78, 5) is 0. The molecular formula is C21H38O. The first kappa shape index (κ1) is 18.0. The molecule has 0 amide bonds. The monoisotopic (exact) mass is 306 g/mol. The SMILES string of the molecule is C=CCCC1CCC(CCC2CCC(OCCC)CC2)CC1. The molecule has 2 aliphatic carbocycles. The summed E-state index contributed by atoms with van der Waals surface area (Å²) in [6.07, 6.45) is 20.9. The molecule has 2 rings (SSSR count). The Bertz CT molecular complexity index is 282. The van der Waals surface area contributed by atoms with E-state index in [-0.39, 0.29) is 0 Å². The molecule has 0 aromatic rings. The van der Waals surface area contributed by atoms with Crippen molar-refractivity contribution in [3.63, 3.8) is 0 Å². The lowest BCUT2D eigenvalue weighted by molar-refractivity contribution is 0.0168. The molecule has 0 unspecified atom stereocenters. The molecule has 1 nitrogen and oxygen atoms in total. The van der Waals surface area contributed by atoms with Crippen LogP contribution in [0, 0.1) is 17.8 Å². The third kappa shape index (κ3) is 6.44. The molecular weight excluding hydrogens is 268 g/mol. The highest BCUT2D eigenvalue weighted by Crippen LogP contribution is 2.37. The van der Waals surface area contributed by atoms with E-state index in [2.05, 4.69) is 19.6 Å². The third-order valence-corrected chi connectivity index (χ3v) is 6.08. The summed E-state index contributed by atoms with van der Waals surface area (Å²) in [5.74, 6) is 3.04. The molecule has 0 atom stereocenters. The lowest BCUT2D eigenvalue weighted by Crippen LogP contribution is -2.23. The summed E-state index contributed by atoms with van der Waals surface area (Å²) >= 11 is 0. The highest BCUT2D eigenvalue weighted by molar-refractivity contribution is 4.78. The van der Waals surface area contributed by atoms with Gasteiger partial charge in [0.05, 0.1) is 6.10 Å². The summed E-state index contributed by atoms with van der Waals surface area (Å²) in [6.45, 7) is 7.02. The second-order valence-electron chi connectivity index (χ2n) is 7.84. The van der Waals surface area contributed by atoms with Gasteiger partial charge in [0.2, 0.25) is 0 Å². The molecule has 0 spiro atoms. The minimum Gasteiger partial charge on any atom is -0.378 e. The van der Waals surface area contributed by atoms with Crippen molar-refractivity contribution in [2.45, 2.75) is 96.5 Å². The van der Waals surface area contributed by atoms with Crippen LogP contribution in [0.4, 0.5) is 0 Å². The minimum atomic E-state index is 0.580. The van der Waals surface area contributed by atoms with Gasteiger partial charge in [-0.15, -0.1) is 6.58 Å². The number of hydrogen-bond acceptors (Lipinski definition) is 1. The molecule has 0 radical (unpaired) electrons. The van der Waals surface area contributed by atoms with E-state index in [4.69, 9.17) is 4.74 Å². The zero-order valence-electron chi connectivity index (χ0n) is 14.9. The summed E-state index contributed by atoms with van der Waals surface area (Å²) in [5.41, 5.74) is 0. The first-order valence-corrected chi connectivity index (χ1v) is 10.0. The van der Waals surface area contributed by atoms with Gasteiger partial charge in [-0.2, -0.15) is 0 Å². The molecule has 2 fully saturated rings. The van der Waals surface area contributed by atoms with Gasteiger partial charge in [-0.25, -0.2) is 0 Å². The van der Waals surface area contributed by atoms with Crippen LogP contribution in [0.2, 0.25) is 0 Å². The normalized spacial score (nSPS) is 32.8. The van der Waals surface area contributed by atoms with Crippen molar-refractivity contribution in [3.8, 4) is 0 Å². The first-order valence-electron chi connectivity index (χ1n) is 10.0. The predicted octanol–water partition coefficient (Wildman–Crippen LogP) is 6.52. The van der Waals surface area contributed by atoms with Crippen LogP contribution in [0.3, 0.4) is 0 Å². The van der Waals surface area contributed by atoms with E-state index in [0.29, 0.717) is 6.10 Å². The fourth-order valence-electron chi connectivity index (χ4n) is 4.51. The molecule has 2 saturated carbocycles. The van der Waals surface area contributed by atoms with Crippen molar-refractivity contribution in [1.29, 1.82) is 0 Å². The second-order valence-corrected chi connectivity index (χ2v) is 7.84. The first-order chi connectivity index (χ1) is 10.8. The molecule has 1 heteroatoms. The fourth-order valence-corrected chi connectivity index (χ4v) is 4.51. The maximum atomic E-state index is 5.91. The van der Waals surface area contributed by atoms with Gasteiger partial charge in [-0.3, -0.25) is 0 Å². The number of ether oxygens (including phenoxy) is 1. The molecule has 0 saturated heterocycles. The van der Waals surface area contributed by atoms with Crippen molar-refractivity contribution in [3.05, 3.63) is 12.7 Å². The molecule has 0 N–H and O–H groups in total. The topological polar surface area (TPSA) is 9.23 Å². The van der Waals surface area contributed by atoms with Crippen LogP contribution in [0.5, 0.6) is 0 Å². The molecule has 0 aromatic carbocycles.